The molecule has 4 rings (SSSR count). The van der Waals surface area contributed by atoms with Gasteiger partial charge < -0.3 is 4.90 Å². The Morgan fingerprint density at radius 1 is 1.16 bits per heavy atom. The molecule has 1 amide bonds. The van der Waals surface area contributed by atoms with E-state index in [0.29, 0.717) is 10.2 Å². The third-order valence-corrected chi connectivity index (χ3v) is 6.70. The van der Waals surface area contributed by atoms with Gasteiger partial charge in [-0.15, -0.1) is 11.3 Å². The van der Waals surface area contributed by atoms with Crippen LogP contribution >= 0.6 is 11.3 Å². The number of hydrogen-bond acceptors (Lipinski definition) is 4. The van der Waals surface area contributed by atoms with Crippen LogP contribution in [0.2, 0.25) is 0 Å². The average Bonchev–Trinajstić information content (AvgIpc) is 3.23. The van der Waals surface area contributed by atoms with Gasteiger partial charge in [0.2, 0.25) is 5.91 Å². The lowest BCUT2D eigenvalue weighted by molar-refractivity contribution is -0.132. The molecule has 4 aromatic rings. The minimum Gasteiger partial charge on any atom is -0.339 e. The summed E-state index contributed by atoms with van der Waals surface area (Å²) >= 11 is 1.44. The van der Waals surface area contributed by atoms with Crippen molar-refractivity contribution in [1.29, 1.82) is 0 Å². The van der Waals surface area contributed by atoms with Gasteiger partial charge in [-0.1, -0.05) is 42.0 Å². The van der Waals surface area contributed by atoms with Crippen LogP contribution in [0, 0.1) is 12.7 Å². The molecule has 1 atom stereocenters. The van der Waals surface area contributed by atoms with E-state index in [4.69, 9.17) is 0 Å². The third kappa shape index (κ3) is 4.34. The first-order valence-corrected chi connectivity index (χ1v) is 11.3. The van der Waals surface area contributed by atoms with Crippen LogP contribution in [0.5, 0.6) is 0 Å². The largest absolute Gasteiger partial charge is 0.339 e. The lowest BCUT2D eigenvalue weighted by atomic mass is 10.1. The number of nitrogens with zero attached hydrogens (tertiary/aromatic N) is 3. The third-order valence-electron chi connectivity index (χ3n) is 5.82. The molecule has 0 fully saturated rings. The summed E-state index contributed by atoms with van der Waals surface area (Å²) in [7, 11) is 1.72. The molecular weight excluding hydrogens is 425 g/mol. The van der Waals surface area contributed by atoms with E-state index in [-0.39, 0.29) is 36.3 Å². The molecule has 0 aliphatic heterocycles. The highest BCUT2D eigenvalue weighted by atomic mass is 32.1. The quantitative estimate of drug-likeness (QED) is 0.407. The fourth-order valence-electron chi connectivity index (χ4n) is 3.65. The lowest BCUT2D eigenvalue weighted by Crippen LogP contribution is -2.31. The SMILES string of the molecule is Cc1ccc(-c2csc3ncn(CCC(=O)N(C)[C@@H](C)c4ccc(F)cc4)c(=O)c23)cc1. The van der Waals surface area contributed by atoms with Gasteiger partial charge in [0.1, 0.15) is 10.6 Å². The summed E-state index contributed by atoms with van der Waals surface area (Å²) in [5, 5.41) is 2.54. The normalized spacial score (nSPS) is 12.1. The molecule has 0 radical (unpaired) electrons. The summed E-state index contributed by atoms with van der Waals surface area (Å²) in [6, 6.07) is 14.0. The Kier molecular flexibility index (Phi) is 6.19. The van der Waals surface area contributed by atoms with E-state index in [1.807, 2.05) is 43.5 Å². The molecule has 0 saturated carbocycles. The van der Waals surface area contributed by atoms with Crippen LogP contribution in [0.3, 0.4) is 0 Å². The molecule has 0 saturated heterocycles. The van der Waals surface area contributed by atoms with Crippen molar-refractivity contribution in [1.82, 2.24) is 14.5 Å². The fourth-order valence-corrected chi connectivity index (χ4v) is 4.55. The van der Waals surface area contributed by atoms with Crippen LogP contribution in [-0.2, 0) is 11.3 Å². The van der Waals surface area contributed by atoms with Crippen molar-refractivity contribution in [2.75, 3.05) is 7.05 Å². The van der Waals surface area contributed by atoms with Gasteiger partial charge in [0, 0.05) is 31.0 Å². The zero-order chi connectivity index (χ0) is 22.8. The standard InChI is InChI=1S/C25H24FN3O2S/c1-16-4-6-19(7-5-16)21-14-32-24-23(21)25(31)29(15-27-24)13-12-22(30)28(3)17(2)18-8-10-20(26)11-9-18/h4-11,14-15,17H,12-13H2,1-3H3/t17-/m0/s1. The van der Waals surface area contributed by atoms with Gasteiger partial charge in [-0.2, -0.15) is 0 Å². The van der Waals surface area contributed by atoms with Gasteiger partial charge in [0.25, 0.3) is 5.56 Å². The number of hydrogen-bond donors (Lipinski definition) is 0. The molecule has 0 spiro atoms. The lowest BCUT2D eigenvalue weighted by Gasteiger charge is -2.25. The highest BCUT2D eigenvalue weighted by Gasteiger charge is 2.19. The average molecular weight is 450 g/mol. The molecular formula is C25H24FN3O2S. The Morgan fingerprint density at radius 3 is 2.53 bits per heavy atom. The number of amides is 1. The summed E-state index contributed by atoms with van der Waals surface area (Å²) in [4.78, 5) is 32.7. The minimum absolute atomic E-state index is 0.0992. The molecule has 0 aliphatic carbocycles. The van der Waals surface area contributed by atoms with Crippen LogP contribution in [-0.4, -0.2) is 27.4 Å². The highest BCUT2D eigenvalue weighted by Crippen LogP contribution is 2.30. The number of aromatic nitrogens is 2. The Morgan fingerprint density at radius 2 is 1.84 bits per heavy atom. The second-order valence-corrected chi connectivity index (χ2v) is 8.78. The van der Waals surface area contributed by atoms with Crippen molar-refractivity contribution in [3.05, 3.63) is 87.5 Å². The Balaban J connectivity index is 1.53. The van der Waals surface area contributed by atoms with Crippen LogP contribution in [0.4, 0.5) is 4.39 Å². The van der Waals surface area contributed by atoms with Gasteiger partial charge >= 0.3 is 0 Å². The predicted molar refractivity (Wildman–Crippen MR) is 126 cm³/mol. The molecule has 0 aliphatic rings. The van der Waals surface area contributed by atoms with Crippen molar-refractivity contribution in [3.63, 3.8) is 0 Å². The Hall–Kier alpha value is -3.32. The molecule has 0 unspecified atom stereocenters. The Bertz CT molecular complexity index is 1310. The monoisotopic (exact) mass is 449 g/mol. The zero-order valence-corrected chi connectivity index (χ0v) is 19.0. The molecule has 0 bridgehead atoms. The maximum absolute atomic E-state index is 13.2. The number of thiophene rings is 1. The van der Waals surface area contributed by atoms with Crippen LogP contribution < -0.4 is 5.56 Å². The van der Waals surface area contributed by atoms with Crippen LogP contribution in [0.25, 0.3) is 21.3 Å². The second kappa shape index (κ2) is 9.04. The van der Waals surface area contributed by atoms with E-state index in [1.54, 1.807) is 24.1 Å². The molecule has 32 heavy (non-hydrogen) atoms. The summed E-state index contributed by atoms with van der Waals surface area (Å²) in [5.74, 6) is -0.409. The highest BCUT2D eigenvalue weighted by molar-refractivity contribution is 7.17. The topological polar surface area (TPSA) is 55.2 Å². The molecule has 7 heteroatoms. The number of rotatable bonds is 6. The van der Waals surface area contributed by atoms with Crippen LogP contribution in [0.1, 0.15) is 30.5 Å². The van der Waals surface area contributed by atoms with Crippen molar-refractivity contribution in [2.24, 2.45) is 0 Å². The summed E-state index contributed by atoms with van der Waals surface area (Å²) in [5.41, 5.74) is 3.70. The van der Waals surface area contributed by atoms with Crippen molar-refractivity contribution in [3.8, 4) is 11.1 Å². The minimum atomic E-state index is -0.310. The van der Waals surface area contributed by atoms with E-state index >= 15 is 0 Å². The molecule has 164 valence electrons. The van der Waals surface area contributed by atoms with Gasteiger partial charge in [0.05, 0.1) is 17.8 Å². The smallest absolute Gasteiger partial charge is 0.262 e. The van der Waals surface area contributed by atoms with E-state index in [1.165, 1.54) is 34.4 Å². The van der Waals surface area contributed by atoms with E-state index in [2.05, 4.69) is 4.98 Å². The van der Waals surface area contributed by atoms with Crippen LogP contribution in [0.15, 0.2) is 65.0 Å². The first kappa shape index (κ1) is 21.9. The number of fused-ring (bicyclic) bond motifs is 1. The van der Waals surface area contributed by atoms with E-state index in [9.17, 15) is 14.0 Å². The van der Waals surface area contributed by atoms with Gasteiger partial charge in [0.15, 0.2) is 0 Å². The summed E-state index contributed by atoms with van der Waals surface area (Å²) < 4.78 is 14.7. The van der Waals surface area contributed by atoms with Gasteiger partial charge in [-0.25, -0.2) is 9.37 Å². The number of benzene rings is 2. The first-order valence-electron chi connectivity index (χ1n) is 10.4. The second-order valence-electron chi connectivity index (χ2n) is 7.92. The van der Waals surface area contributed by atoms with Crippen molar-refractivity contribution >= 4 is 27.5 Å². The maximum Gasteiger partial charge on any atom is 0.262 e. The van der Waals surface area contributed by atoms with Crippen molar-refractivity contribution < 1.29 is 9.18 Å². The summed E-state index contributed by atoms with van der Waals surface area (Å²) in [6.45, 7) is 4.16. The van der Waals surface area contributed by atoms with E-state index < -0.39 is 0 Å². The van der Waals surface area contributed by atoms with E-state index in [0.717, 1.165) is 22.3 Å². The fraction of sp³-hybridized carbons (Fsp3) is 0.240. The predicted octanol–water partition coefficient (Wildman–Crippen LogP) is 5.18. The number of halogens is 1. The number of aryl methyl sites for hydroxylation is 2. The maximum atomic E-state index is 13.2. The first-order chi connectivity index (χ1) is 15.3. The molecule has 5 nitrogen and oxygen atoms in total. The van der Waals surface area contributed by atoms with Gasteiger partial charge in [-0.3, -0.25) is 14.2 Å². The Labute approximate surface area is 189 Å². The summed E-state index contributed by atoms with van der Waals surface area (Å²) in [6.07, 6.45) is 1.68. The number of carbonyl (C=O) groups is 1. The number of carbonyl (C=O) groups excluding carboxylic acids is 1. The molecule has 2 aromatic heterocycles. The van der Waals surface area contributed by atoms with Gasteiger partial charge in [-0.05, 0) is 37.1 Å². The molecule has 2 aromatic carbocycles. The van der Waals surface area contributed by atoms with Crippen molar-refractivity contribution in [2.45, 2.75) is 32.9 Å². The zero-order valence-electron chi connectivity index (χ0n) is 18.2. The molecule has 0 N–H and O–H groups in total. The molecule has 2 heterocycles.